The quantitative estimate of drug-likeness (QED) is 0.0510. The van der Waals surface area contributed by atoms with E-state index in [1.807, 2.05) is 25.0 Å². The molecule has 0 aliphatic carbocycles. The second kappa shape index (κ2) is 30.1. The fourth-order valence-electron chi connectivity index (χ4n) is 7.03. The van der Waals surface area contributed by atoms with E-state index in [1.165, 1.54) is 140 Å². The first-order chi connectivity index (χ1) is 22.5. The van der Waals surface area contributed by atoms with Crippen molar-refractivity contribution in [3.8, 4) is 0 Å². The third kappa shape index (κ3) is 19.3. The average molecular weight is 681 g/mol. The number of aryl methyl sites for hydroxylation is 1. The van der Waals surface area contributed by atoms with Crippen LogP contribution >= 0.6 is 0 Å². The largest absolute Gasteiger partial charge is 1.00 e. The molecule has 0 saturated heterocycles. The smallest absolute Gasteiger partial charge is 0.744 e. The van der Waals surface area contributed by atoms with Crippen molar-refractivity contribution in [1.29, 1.82) is 0 Å². The fraction of sp³-hybridized carbons (Fsp3) is 0.732. The molecule has 0 aliphatic rings. The van der Waals surface area contributed by atoms with E-state index >= 15 is 0 Å². The van der Waals surface area contributed by atoms with Crippen LogP contribution in [0.2, 0.25) is 0 Å². The monoisotopic (exact) mass is 680 g/mol. The molecule has 0 radical (unpaired) electrons. The molecule has 2 rings (SSSR count). The van der Waals surface area contributed by atoms with Gasteiger partial charge in [0.15, 0.2) is 0 Å². The second-order valence-corrected chi connectivity index (χ2v) is 14.8. The average Bonchev–Trinajstić information content (AvgIpc) is 3.05. The van der Waals surface area contributed by atoms with Crippen LogP contribution in [0, 0.1) is 0 Å². The summed E-state index contributed by atoms with van der Waals surface area (Å²) in [5, 5.41) is 1.66. The number of hydrogen-bond acceptors (Lipinski definition) is 4. The molecule has 47 heavy (non-hydrogen) atoms. The van der Waals surface area contributed by atoms with Gasteiger partial charge in [0, 0.05) is 0 Å². The van der Waals surface area contributed by atoms with Crippen molar-refractivity contribution in [3.63, 3.8) is 0 Å². The number of rotatable bonds is 28. The molecular weight excluding hydrogens is 612 g/mol. The maximum atomic E-state index is 12.9. The van der Waals surface area contributed by atoms with Crippen molar-refractivity contribution in [2.45, 2.75) is 199 Å². The van der Waals surface area contributed by atoms with E-state index in [-0.39, 0.29) is 34.5 Å². The Bertz CT molecular complexity index is 1150. The van der Waals surface area contributed by atoms with Crippen molar-refractivity contribution >= 4 is 27.7 Å². The summed E-state index contributed by atoms with van der Waals surface area (Å²) in [5.41, 5.74) is 3.40. The molecule has 0 heterocycles. The number of carbonyl (C=O) groups is 1. The standard InChI is InChI=1S/C40H68O3S.CH2O.Na/c1-4-7-10-13-16-19-22-25-30-35-36(31-26-23-20-17-14-11-8-5-2)38(33-27-24-21-18-15-12-9-6-3)40(44(41,42)43)39-34-29-28-32-37(35)39;1-2;/h28-29,32,34H,4-27,30-31,33H2,1-3H3,(H,41,42,43);1H2;/q;;+1/p-1. The van der Waals surface area contributed by atoms with Crippen molar-refractivity contribution in [3.05, 3.63) is 41.0 Å². The molecule has 0 atom stereocenters. The fourth-order valence-corrected chi connectivity index (χ4v) is 8.01. The Hall–Kier alpha value is -0.720. The van der Waals surface area contributed by atoms with E-state index in [9.17, 15) is 13.0 Å². The van der Waals surface area contributed by atoms with E-state index in [0.29, 0.717) is 11.8 Å². The zero-order valence-electron chi connectivity index (χ0n) is 31.1. The van der Waals surface area contributed by atoms with Crippen LogP contribution in [0.4, 0.5) is 0 Å². The Morgan fingerprint density at radius 3 is 1.13 bits per heavy atom. The summed E-state index contributed by atoms with van der Waals surface area (Å²) < 4.78 is 38.8. The predicted molar refractivity (Wildman–Crippen MR) is 198 cm³/mol. The minimum absolute atomic E-state index is 0. The molecule has 264 valence electrons. The minimum Gasteiger partial charge on any atom is -0.744 e. The summed E-state index contributed by atoms with van der Waals surface area (Å²) in [6.45, 7) is 8.78. The van der Waals surface area contributed by atoms with Gasteiger partial charge in [-0.1, -0.05) is 180 Å². The summed E-state index contributed by atoms with van der Waals surface area (Å²) in [5.74, 6) is 0. The number of carbonyl (C=O) groups excluding carboxylic acids is 1. The summed E-state index contributed by atoms with van der Waals surface area (Å²) in [6, 6.07) is 7.87. The zero-order valence-corrected chi connectivity index (χ0v) is 34.0. The molecule has 2 aromatic rings. The van der Waals surface area contributed by atoms with E-state index in [0.717, 1.165) is 49.5 Å². The van der Waals surface area contributed by atoms with Gasteiger partial charge >= 0.3 is 29.6 Å². The van der Waals surface area contributed by atoms with E-state index in [4.69, 9.17) is 4.79 Å². The van der Waals surface area contributed by atoms with E-state index in [1.54, 1.807) is 0 Å². The third-order valence-electron chi connectivity index (χ3n) is 9.59. The first-order valence-electron chi connectivity index (χ1n) is 19.3. The number of hydrogen-bond donors (Lipinski definition) is 0. The Morgan fingerprint density at radius 2 is 0.766 bits per heavy atom. The molecule has 0 bridgehead atoms. The van der Waals surface area contributed by atoms with Crippen LogP contribution in [0.1, 0.15) is 192 Å². The van der Waals surface area contributed by atoms with Crippen LogP contribution in [-0.2, 0) is 34.2 Å². The number of unbranched alkanes of at least 4 members (excludes halogenated alkanes) is 21. The van der Waals surface area contributed by atoms with E-state index < -0.39 is 10.1 Å². The first kappa shape index (κ1) is 46.3. The summed E-state index contributed by atoms with van der Waals surface area (Å²) in [7, 11) is -4.60. The summed E-state index contributed by atoms with van der Waals surface area (Å²) in [6.07, 6.45) is 32.5. The van der Waals surface area contributed by atoms with Crippen LogP contribution in [-0.4, -0.2) is 19.8 Å². The van der Waals surface area contributed by atoms with Crippen LogP contribution in [0.3, 0.4) is 0 Å². The molecule has 0 amide bonds. The molecule has 0 aromatic heterocycles. The van der Waals surface area contributed by atoms with Gasteiger partial charge in [0.25, 0.3) is 0 Å². The first-order valence-corrected chi connectivity index (χ1v) is 20.7. The van der Waals surface area contributed by atoms with Gasteiger partial charge in [-0.15, -0.1) is 0 Å². The molecule has 0 saturated carbocycles. The topological polar surface area (TPSA) is 74.3 Å². The Morgan fingerprint density at radius 1 is 0.468 bits per heavy atom. The summed E-state index contributed by atoms with van der Waals surface area (Å²) in [4.78, 5) is 8.09. The van der Waals surface area contributed by atoms with Crippen molar-refractivity contribution in [2.75, 3.05) is 0 Å². The van der Waals surface area contributed by atoms with Gasteiger partial charge in [-0.2, -0.15) is 0 Å². The van der Waals surface area contributed by atoms with Gasteiger partial charge in [0.2, 0.25) is 0 Å². The molecule has 0 unspecified atom stereocenters. The van der Waals surface area contributed by atoms with Crippen LogP contribution in [0.25, 0.3) is 10.8 Å². The molecule has 4 nitrogen and oxygen atoms in total. The van der Waals surface area contributed by atoms with Crippen LogP contribution in [0.5, 0.6) is 0 Å². The maximum absolute atomic E-state index is 12.9. The van der Waals surface area contributed by atoms with Gasteiger partial charge in [0.05, 0.1) is 4.90 Å². The predicted octanol–water partition coefficient (Wildman–Crippen LogP) is 9.61. The summed E-state index contributed by atoms with van der Waals surface area (Å²) >= 11 is 0. The minimum atomic E-state index is -4.60. The zero-order chi connectivity index (χ0) is 33.9. The molecule has 0 N–H and O–H groups in total. The van der Waals surface area contributed by atoms with Gasteiger partial charge in [-0.05, 0) is 66.0 Å². The Labute approximate surface area is 313 Å². The van der Waals surface area contributed by atoms with Crippen LogP contribution in [0.15, 0.2) is 29.2 Å². The molecule has 0 aliphatic heterocycles. The molecule has 6 heteroatoms. The van der Waals surface area contributed by atoms with Crippen molar-refractivity contribution < 1.29 is 47.3 Å². The van der Waals surface area contributed by atoms with Gasteiger partial charge in [-0.25, -0.2) is 8.42 Å². The normalized spacial score (nSPS) is 11.3. The Balaban J connectivity index is 0.00000691. The maximum Gasteiger partial charge on any atom is 1.00 e. The third-order valence-corrected chi connectivity index (χ3v) is 10.6. The molecule has 2 aromatic carbocycles. The number of benzene rings is 2. The molecule has 0 fully saturated rings. The van der Waals surface area contributed by atoms with Crippen molar-refractivity contribution in [1.82, 2.24) is 0 Å². The van der Waals surface area contributed by atoms with Gasteiger partial charge in [-0.3, -0.25) is 0 Å². The SMILES string of the molecule is C=O.CCCCCCCCCCc1c(CCCCCCCCCC)c(S(=O)(=O)[O-])c2ccccc2c1CCCCCCCCCC.[Na+]. The van der Waals surface area contributed by atoms with Crippen LogP contribution < -0.4 is 29.6 Å². The van der Waals surface area contributed by atoms with Crippen molar-refractivity contribution in [2.24, 2.45) is 0 Å². The van der Waals surface area contributed by atoms with E-state index in [2.05, 4.69) is 26.8 Å². The van der Waals surface area contributed by atoms with Gasteiger partial charge in [0.1, 0.15) is 16.9 Å². The number of fused-ring (bicyclic) bond motifs is 1. The molecule has 0 spiro atoms. The Kier molecular flexibility index (Phi) is 29.7. The molecular formula is C41H69NaO4S. The van der Waals surface area contributed by atoms with Gasteiger partial charge < -0.3 is 9.35 Å². The second-order valence-electron chi connectivity index (χ2n) is 13.4.